The average Bonchev–Trinajstić information content (AvgIpc) is 2.15. The quantitative estimate of drug-likeness (QED) is 0.638. The van der Waals surface area contributed by atoms with Crippen LogP contribution in [-0.4, -0.2) is 9.78 Å². The van der Waals surface area contributed by atoms with Gasteiger partial charge in [0.2, 0.25) is 0 Å². The SMILES string of the molecule is Cc1c(Cl)nn(C(C)(C)C)c1Cl. The molecule has 1 heterocycles. The first kappa shape index (κ1) is 9.87. The van der Waals surface area contributed by atoms with Crippen molar-refractivity contribution >= 4 is 23.2 Å². The van der Waals surface area contributed by atoms with E-state index in [1.807, 2.05) is 27.7 Å². The molecule has 0 N–H and O–H groups in total. The standard InChI is InChI=1S/C8H12Cl2N2/c1-5-6(9)11-12(7(5)10)8(2,3)4/h1-4H3. The molecular weight excluding hydrogens is 195 g/mol. The highest BCUT2D eigenvalue weighted by molar-refractivity contribution is 6.34. The maximum absolute atomic E-state index is 6.01. The molecule has 2 nitrogen and oxygen atoms in total. The van der Waals surface area contributed by atoms with E-state index in [4.69, 9.17) is 23.2 Å². The van der Waals surface area contributed by atoms with Gasteiger partial charge in [-0.3, -0.25) is 0 Å². The molecule has 68 valence electrons. The molecule has 0 amide bonds. The van der Waals surface area contributed by atoms with Crippen molar-refractivity contribution in [2.75, 3.05) is 0 Å². The number of aromatic nitrogens is 2. The maximum atomic E-state index is 6.01. The summed E-state index contributed by atoms with van der Waals surface area (Å²) in [5, 5.41) is 5.23. The van der Waals surface area contributed by atoms with Gasteiger partial charge in [0.1, 0.15) is 5.15 Å². The summed E-state index contributed by atoms with van der Waals surface area (Å²) in [6, 6.07) is 0. The molecular formula is C8H12Cl2N2. The Kier molecular flexibility index (Phi) is 2.41. The van der Waals surface area contributed by atoms with Crippen molar-refractivity contribution in [1.29, 1.82) is 0 Å². The van der Waals surface area contributed by atoms with E-state index in [9.17, 15) is 0 Å². The van der Waals surface area contributed by atoms with Crippen LogP contribution in [0.25, 0.3) is 0 Å². The van der Waals surface area contributed by atoms with E-state index >= 15 is 0 Å². The predicted molar refractivity (Wildman–Crippen MR) is 52.0 cm³/mol. The van der Waals surface area contributed by atoms with Crippen LogP contribution in [0.2, 0.25) is 10.3 Å². The van der Waals surface area contributed by atoms with Gasteiger partial charge in [0.05, 0.1) is 5.54 Å². The molecule has 1 aromatic heterocycles. The molecule has 12 heavy (non-hydrogen) atoms. The second kappa shape index (κ2) is 2.93. The van der Waals surface area contributed by atoms with Gasteiger partial charge in [-0.05, 0) is 27.7 Å². The lowest BCUT2D eigenvalue weighted by molar-refractivity contribution is 0.356. The Morgan fingerprint density at radius 2 is 1.75 bits per heavy atom. The fourth-order valence-corrected chi connectivity index (χ4v) is 1.49. The third-order valence-corrected chi connectivity index (χ3v) is 2.43. The number of rotatable bonds is 0. The zero-order valence-electron chi connectivity index (χ0n) is 7.65. The Labute approximate surface area is 82.5 Å². The van der Waals surface area contributed by atoms with Crippen LogP contribution in [0.15, 0.2) is 0 Å². The van der Waals surface area contributed by atoms with E-state index in [-0.39, 0.29) is 5.54 Å². The first-order chi connectivity index (χ1) is 5.34. The van der Waals surface area contributed by atoms with E-state index in [2.05, 4.69) is 5.10 Å². The van der Waals surface area contributed by atoms with E-state index in [1.165, 1.54) is 0 Å². The lowest BCUT2D eigenvalue weighted by atomic mass is 10.1. The summed E-state index contributed by atoms with van der Waals surface area (Å²) in [5.74, 6) is 0. The van der Waals surface area contributed by atoms with Crippen LogP contribution in [0.3, 0.4) is 0 Å². The normalized spacial score (nSPS) is 12.2. The van der Waals surface area contributed by atoms with E-state index in [0.29, 0.717) is 10.3 Å². The molecule has 0 unspecified atom stereocenters. The van der Waals surface area contributed by atoms with Crippen molar-refractivity contribution in [2.24, 2.45) is 0 Å². The second-order valence-corrected chi connectivity index (χ2v) is 4.51. The molecule has 0 aromatic carbocycles. The predicted octanol–water partition coefficient (Wildman–Crippen LogP) is 3.25. The van der Waals surface area contributed by atoms with Gasteiger partial charge in [0.25, 0.3) is 0 Å². The van der Waals surface area contributed by atoms with Crippen LogP contribution in [0.4, 0.5) is 0 Å². The maximum Gasteiger partial charge on any atom is 0.155 e. The molecule has 0 bridgehead atoms. The molecule has 0 atom stereocenters. The lowest BCUT2D eigenvalue weighted by Gasteiger charge is -2.20. The molecule has 0 aliphatic carbocycles. The Hall–Kier alpha value is -0.210. The fraction of sp³-hybridized carbons (Fsp3) is 0.625. The third-order valence-electron chi connectivity index (χ3n) is 1.63. The molecule has 4 heteroatoms. The molecule has 0 radical (unpaired) electrons. The number of nitrogens with zero attached hydrogens (tertiary/aromatic N) is 2. The fourth-order valence-electron chi connectivity index (χ4n) is 0.895. The Balaban J connectivity index is 3.28. The van der Waals surface area contributed by atoms with E-state index in [1.54, 1.807) is 4.68 Å². The monoisotopic (exact) mass is 206 g/mol. The Morgan fingerprint density at radius 3 is 1.92 bits per heavy atom. The van der Waals surface area contributed by atoms with Crippen molar-refractivity contribution in [2.45, 2.75) is 33.2 Å². The Bertz CT molecular complexity index is 297. The molecule has 1 rings (SSSR count). The van der Waals surface area contributed by atoms with Gasteiger partial charge in [0.15, 0.2) is 5.15 Å². The number of halogens is 2. The average molecular weight is 207 g/mol. The highest BCUT2D eigenvalue weighted by atomic mass is 35.5. The molecule has 1 aromatic rings. The summed E-state index contributed by atoms with van der Waals surface area (Å²) >= 11 is 11.8. The lowest BCUT2D eigenvalue weighted by Crippen LogP contribution is -2.23. The summed E-state index contributed by atoms with van der Waals surface area (Å²) in [4.78, 5) is 0. The highest BCUT2D eigenvalue weighted by Gasteiger charge is 2.20. The van der Waals surface area contributed by atoms with Gasteiger partial charge >= 0.3 is 0 Å². The first-order valence-corrected chi connectivity index (χ1v) is 4.50. The van der Waals surface area contributed by atoms with E-state index < -0.39 is 0 Å². The number of hydrogen-bond donors (Lipinski definition) is 0. The second-order valence-electron chi connectivity index (χ2n) is 3.79. The van der Waals surface area contributed by atoms with Gasteiger partial charge in [-0.1, -0.05) is 23.2 Å². The molecule has 0 aliphatic rings. The first-order valence-electron chi connectivity index (χ1n) is 3.75. The smallest absolute Gasteiger partial charge is 0.155 e. The van der Waals surface area contributed by atoms with Crippen LogP contribution in [0.1, 0.15) is 26.3 Å². The highest BCUT2D eigenvalue weighted by Crippen LogP contribution is 2.27. The van der Waals surface area contributed by atoms with Crippen LogP contribution >= 0.6 is 23.2 Å². The van der Waals surface area contributed by atoms with Gasteiger partial charge in [-0.15, -0.1) is 0 Å². The third kappa shape index (κ3) is 1.59. The van der Waals surface area contributed by atoms with Crippen molar-refractivity contribution in [1.82, 2.24) is 9.78 Å². The van der Waals surface area contributed by atoms with E-state index in [0.717, 1.165) is 5.56 Å². The van der Waals surface area contributed by atoms with Crippen molar-refractivity contribution in [3.63, 3.8) is 0 Å². The summed E-state index contributed by atoms with van der Waals surface area (Å²) in [6.07, 6.45) is 0. The minimum atomic E-state index is -0.116. The van der Waals surface area contributed by atoms with Gasteiger partial charge < -0.3 is 0 Å². The summed E-state index contributed by atoms with van der Waals surface area (Å²) in [7, 11) is 0. The zero-order chi connectivity index (χ0) is 9.52. The minimum Gasteiger partial charge on any atom is -0.247 e. The molecule has 0 spiro atoms. The van der Waals surface area contributed by atoms with Crippen LogP contribution in [0, 0.1) is 6.92 Å². The van der Waals surface area contributed by atoms with Crippen molar-refractivity contribution in [3.05, 3.63) is 15.9 Å². The summed E-state index contributed by atoms with van der Waals surface area (Å²) in [6.45, 7) is 7.95. The molecule has 0 fully saturated rings. The van der Waals surface area contributed by atoms with Crippen LogP contribution in [-0.2, 0) is 5.54 Å². The summed E-state index contributed by atoms with van der Waals surface area (Å²) in [5.41, 5.74) is 0.725. The largest absolute Gasteiger partial charge is 0.247 e. The van der Waals surface area contributed by atoms with Crippen molar-refractivity contribution in [3.8, 4) is 0 Å². The molecule has 0 saturated heterocycles. The van der Waals surface area contributed by atoms with Gasteiger partial charge in [-0.25, -0.2) is 4.68 Å². The minimum absolute atomic E-state index is 0.116. The summed E-state index contributed by atoms with van der Waals surface area (Å²) < 4.78 is 1.73. The molecule has 0 saturated carbocycles. The van der Waals surface area contributed by atoms with Crippen molar-refractivity contribution < 1.29 is 0 Å². The Morgan fingerprint density at radius 1 is 1.25 bits per heavy atom. The topological polar surface area (TPSA) is 17.8 Å². The number of hydrogen-bond acceptors (Lipinski definition) is 1. The van der Waals surface area contributed by atoms with Crippen LogP contribution < -0.4 is 0 Å². The molecule has 0 aliphatic heterocycles. The zero-order valence-corrected chi connectivity index (χ0v) is 9.16. The van der Waals surface area contributed by atoms with Crippen LogP contribution in [0.5, 0.6) is 0 Å². The van der Waals surface area contributed by atoms with Gasteiger partial charge in [-0.2, -0.15) is 5.10 Å². The van der Waals surface area contributed by atoms with Gasteiger partial charge in [0, 0.05) is 5.56 Å².